The molecule has 0 bridgehead atoms. The lowest BCUT2D eigenvalue weighted by Gasteiger charge is -2.58. The molecule has 4 aliphatic rings. The van der Waals surface area contributed by atoms with Gasteiger partial charge in [0.15, 0.2) is 0 Å². The fraction of sp³-hybridized carbons (Fsp3) is 0.966. The van der Waals surface area contributed by atoms with Crippen molar-refractivity contribution >= 4 is 5.97 Å². The molecule has 2 nitrogen and oxygen atoms in total. The summed E-state index contributed by atoms with van der Waals surface area (Å²) in [6, 6.07) is 0. The van der Waals surface area contributed by atoms with Crippen LogP contribution in [-0.4, -0.2) is 18.7 Å². The Morgan fingerprint density at radius 3 is 2.41 bits per heavy atom. The number of ether oxygens (including phenoxy) is 1. The van der Waals surface area contributed by atoms with E-state index in [0.29, 0.717) is 17.3 Å². The van der Waals surface area contributed by atoms with E-state index in [1.54, 1.807) is 0 Å². The van der Waals surface area contributed by atoms with Crippen LogP contribution in [0.25, 0.3) is 0 Å². The van der Waals surface area contributed by atoms with E-state index in [2.05, 4.69) is 27.7 Å². The highest BCUT2D eigenvalue weighted by molar-refractivity contribution is 5.66. The van der Waals surface area contributed by atoms with Gasteiger partial charge in [0.2, 0.25) is 0 Å². The Morgan fingerprint density at radius 2 is 1.72 bits per heavy atom. The van der Waals surface area contributed by atoms with E-state index in [-0.39, 0.29) is 24.7 Å². The average molecular weight is 449 g/mol. The number of alkyl halides is 1. The molecule has 0 aromatic rings. The molecule has 32 heavy (non-hydrogen) atoms. The fourth-order valence-electron chi connectivity index (χ4n) is 9.52. The number of carbonyl (C=O) groups excluding carboxylic acids is 1. The summed E-state index contributed by atoms with van der Waals surface area (Å²) < 4.78 is 19.9. The maximum absolute atomic E-state index is 14.3. The molecular formula is C29H49FO2. The Labute approximate surface area is 196 Å². The van der Waals surface area contributed by atoms with Crippen molar-refractivity contribution < 1.29 is 13.9 Å². The molecule has 10 atom stereocenters. The molecule has 4 saturated carbocycles. The van der Waals surface area contributed by atoms with Gasteiger partial charge in [0.1, 0.15) is 6.10 Å². The van der Waals surface area contributed by atoms with E-state index < -0.39 is 0 Å². The zero-order chi connectivity index (χ0) is 23.0. The minimum atomic E-state index is -0.185. The van der Waals surface area contributed by atoms with E-state index in [1.165, 1.54) is 51.9 Å². The molecule has 3 unspecified atom stereocenters. The molecular weight excluding hydrogens is 399 g/mol. The number of hydrogen-bond acceptors (Lipinski definition) is 2. The molecule has 0 spiro atoms. The van der Waals surface area contributed by atoms with Crippen LogP contribution in [-0.2, 0) is 9.53 Å². The van der Waals surface area contributed by atoms with Gasteiger partial charge in [0.25, 0.3) is 0 Å². The maximum atomic E-state index is 14.3. The summed E-state index contributed by atoms with van der Waals surface area (Å²) in [6.07, 6.45) is 13.8. The number of halogens is 1. The molecule has 0 aliphatic heterocycles. The lowest BCUT2D eigenvalue weighted by atomic mass is 9.47. The monoisotopic (exact) mass is 448 g/mol. The van der Waals surface area contributed by atoms with Crippen LogP contribution in [0.5, 0.6) is 0 Å². The van der Waals surface area contributed by atoms with Gasteiger partial charge in [-0.1, -0.05) is 47.0 Å². The summed E-state index contributed by atoms with van der Waals surface area (Å²) >= 11 is 0. The Balaban J connectivity index is 1.45. The maximum Gasteiger partial charge on any atom is 0.302 e. The third-order valence-corrected chi connectivity index (χ3v) is 10.9. The van der Waals surface area contributed by atoms with E-state index in [0.717, 1.165) is 61.2 Å². The van der Waals surface area contributed by atoms with Crippen LogP contribution in [0.3, 0.4) is 0 Å². The van der Waals surface area contributed by atoms with Gasteiger partial charge in [0.05, 0.1) is 6.67 Å². The average Bonchev–Trinajstić information content (AvgIpc) is 3.09. The lowest BCUT2D eigenvalue weighted by Crippen LogP contribution is -2.52. The topological polar surface area (TPSA) is 26.3 Å². The van der Waals surface area contributed by atoms with Crippen LogP contribution >= 0.6 is 0 Å². The summed E-state index contributed by atoms with van der Waals surface area (Å²) in [5.74, 6) is 5.92. The lowest BCUT2D eigenvalue weighted by molar-refractivity contribution is -0.155. The Kier molecular flexibility index (Phi) is 7.62. The Morgan fingerprint density at radius 1 is 0.969 bits per heavy atom. The quantitative estimate of drug-likeness (QED) is 0.371. The minimum Gasteiger partial charge on any atom is -0.463 e. The van der Waals surface area contributed by atoms with Crippen molar-refractivity contribution in [3.8, 4) is 0 Å². The molecule has 0 aromatic carbocycles. The molecule has 0 aromatic heterocycles. The van der Waals surface area contributed by atoms with E-state index in [4.69, 9.17) is 4.74 Å². The van der Waals surface area contributed by atoms with Gasteiger partial charge in [-0.15, -0.1) is 0 Å². The molecule has 0 heterocycles. The van der Waals surface area contributed by atoms with Crippen LogP contribution in [0, 0.1) is 58.7 Å². The van der Waals surface area contributed by atoms with Gasteiger partial charge in [-0.3, -0.25) is 9.18 Å². The number of esters is 1. The largest absolute Gasteiger partial charge is 0.463 e. The molecule has 4 rings (SSSR count). The number of rotatable bonds is 7. The fourth-order valence-corrected chi connectivity index (χ4v) is 9.52. The number of carbonyl (C=O) groups is 1. The Bertz CT molecular complexity index is 647. The molecule has 3 heteroatoms. The van der Waals surface area contributed by atoms with Gasteiger partial charge in [-0.2, -0.15) is 0 Å². The van der Waals surface area contributed by atoms with Gasteiger partial charge in [0, 0.05) is 6.92 Å². The van der Waals surface area contributed by atoms with Crippen LogP contribution < -0.4 is 0 Å². The predicted octanol–water partition coefficient (Wildman–Crippen LogP) is 7.84. The van der Waals surface area contributed by atoms with Crippen molar-refractivity contribution in [1.82, 2.24) is 0 Å². The standard InChI is InChI=1S/C29H49FO2/c1-18(2)7-6-8-19(3)27-11-12-28-26-15-21(17-30)25-16-22(32-20(4)31)9-10-23(25)24(26)13-14-29(27,28)5/h18-19,21-28H,6-17H2,1-5H3/t19-,21?,22+,23?,24-,25?,26-,27-,28+,29-/m1/s1. The third kappa shape index (κ3) is 4.65. The predicted molar refractivity (Wildman–Crippen MR) is 129 cm³/mol. The van der Waals surface area contributed by atoms with Crippen molar-refractivity contribution in [2.45, 2.75) is 111 Å². The summed E-state index contributed by atoms with van der Waals surface area (Å²) in [6.45, 7) is 11.2. The third-order valence-electron chi connectivity index (χ3n) is 10.9. The summed E-state index contributed by atoms with van der Waals surface area (Å²) in [4.78, 5) is 11.5. The molecule has 0 N–H and O–H groups in total. The summed E-state index contributed by atoms with van der Waals surface area (Å²) in [5.41, 5.74) is 0.473. The van der Waals surface area contributed by atoms with Crippen LogP contribution in [0.2, 0.25) is 0 Å². The summed E-state index contributed by atoms with van der Waals surface area (Å²) in [7, 11) is 0. The van der Waals surface area contributed by atoms with Gasteiger partial charge < -0.3 is 4.74 Å². The highest BCUT2D eigenvalue weighted by atomic mass is 19.1. The second-order valence-corrected chi connectivity index (χ2v) is 13.0. The smallest absolute Gasteiger partial charge is 0.302 e. The van der Waals surface area contributed by atoms with Crippen LogP contribution in [0.4, 0.5) is 4.39 Å². The first-order valence-corrected chi connectivity index (χ1v) is 14.0. The number of hydrogen-bond donors (Lipinski definition) is 0. The normalized spacial score (nSPS) is 44.5. The van der Waals surface area contributed by atoms with Crippen LogP contribution in [0.1, 0.15) is 105 Å². The van der Waals surface area contributed by atoms with Crippen molar-refractivity contribution in [3.05, 3.63) is 0 Å². The SMILES string of the molecule is CC(=O)O[C@H]1CCC2C(C1)C(CF)C[C@@H]1[C@@H]2CC[C@]2(C)[C@@H]([C@H](C)CCCC(C)C)CC[C@@H]12. The number of fused-ring (bicyclic) bond motifs is 5. The first-order chi connectivity index (χ1) is 15.2. The molecule has 4 aliphatic carbocycles. The zero-order valence-corrected chi connectivity index (χ0v) is 21.5. The highest BCUT2D eigenvalue weighted by Crippen LogP contribution is 2.66. The van der Waals surface area contributed by atoms with Gasteiger partial charge in [-0.25, -0.2) is 0 Å². The first-order valence-electron chi connectivity index (χ1n) is 14.0. The minimum absolute atomic E-state index is 0.0238. The first kappa shape index (κ1) is 24.5. The van der Waals surface area contributed by atoms with Gasteiger partial charge in [-0.05, 0) is 110 Å². The van der Waals surface area contributed by atoms with Crippen molar-refractivity contribution in [2.24, 2.45) is 58.7 Å². The van der Waals surface area contributed by atoms with E-state index >= 15 is 0 Å². The summed E-state index contributed by atoms with van der Waals surface area (Å²) in [5, 5.41) is 0. The molecule has 0 amide bonds. The molecule has 0 saturated heterocycles. The van der Waals surface area contributed by atoms with Crippen molar-refractivity contribution in [1.29, 1.82) is 0 Å². The molecule has 4 fully saturated rings. The highest BCUT2D eigenvalue weighted by Gasteiger charge is 2.59. The van der Waals surface area contributed by atoms with Crippen LogP contribution in [0.15, 0.2) is 0 Å². The second-order valence-electron chi connectivity index (χ2n) is 13.0. The van der Waals surface area contributed by atoms with Crippen molar-refractivity contribution in [3.63, 3.8) is 0 Å². The van der Waals surface area contributed by atoms with Gasteiger partial charge >= 0.3 is 5.97 Å². The van der Waals surface area contributed by atoms with Crippen molar-refractivity contribution in [2.75, 3.05) is 6.67 Å². The Hall–Kier alpha value is -0.600. The molecule has 0 radical (unpaired) electrons. The zero-order valence-electron chi connectivity index (χ0n) is 21.5. The molecule has 184 valence electrons. The van der Waals surface area contributed by atoms with E-state index in [1.807, 2.05) is 0 Å². The second kappa shape index (κ2) is 9.95. The van der Waals surface area contributed by atoms with E-state index in [9.17, 15) is 9.18 Å².